The minimum atomic E-state index is -0.467. The molecule has 1 aromatic heterocycles. The number of hydrogen-bond donors (Lipinski definition) is 1. The zero-order chi connectivity index (χ0) is 18.1. The van der Waals surface area contributed by atoms with E-state index in [4.69, 9.17) is 4.74 Å². The van der Waals surface area contributed by atoms with Gasteiger partial charge in [0.25, 0.3) is 11.8 Å². The second-order valence-electron chi connectivity index (χ2n) is 7.00. The molecule has 6 heteroatoms. The van der Waals surface area contributed by atoms with E-state index in [2.05, 4.69) is 10.3 Å². The Kier molecular flexibility index (Phi) is 4.11. The third-order valence-electron chi connectivity index (χ3n) is 5.17. The van der Waals surface area contributed by atoms with Crippen molar-refractivity contribution >= 4 is 11.8 Å². The molecule has 0 atom stereocenters. The van der Waals surface area contributed by atoms with Crippen molar-refractivity contribution in [3.8, 4) is 5.75 Å². The summed E-state index contributed by atoms with van der Waals surface area (Å²) in [5.41, 5.74) is 1.78. The van der Waals surface area contributed by atoms with Crippen LogP contribution >= 0.6 is 0 Å². The van der Waals surface area contributed by atoms with E-state index in [9.17, 15) is 9.59 Å². The summed E-state index contributed by atoms with van der Waals surface area (Å²) in [6.07, 6.45) is 4.61. The maximum absolute atomic E-state index is 12.6. The zero-order valence-electron chi connectivity index (χ0n) is 14.7. The van der Waals surface area contributed by atoms with Gasteiger partial charge in [-0.25, -0.2) is 0 Å². The number of nitrogens with one attached hydrogen (secondary N) is 1. The molecule has 0 aliphatic carbocycles. The Morgan fingerprint density at radius 1 is 1.19 bits per heavy atom. The van der Waals surface area contributed by atoms with Crippen LogP contribution in [0.4, 0.5) is 0 Å². The number of rotatable bonds is 1. The van der Waals surface area contributed by atoms with Crippen molar-refractivity contribution in [1.82, 2.24) is 15.2 Å². The number of carbonyl (C=O) groups is 2. The number of piperidine rings is 1. The predicted octanol–water partition coefficient (Wildman–Crippen LogP) is 2.19. The van der Waals surface area contributed by atoms with Gasteiger partial charge in [-0.2, -0.15) is 0 Å². The van der Waals surface area contributed by atoms with Crippen molar-refractivity contribution in [3.63, 3.8) is 0 Å². The molecular formula is C20H21N3O3. The van der Waals surface area contributed by atoms with Gasteiger partial charge >= 0.3 is 0 Å². The standard InChI is InChI=1S/C20H21N3O3/c1-14-2-3-17-16(12-14)18(24)22-13-20(26-17)6-10-23(11-7-20)19(25)15-4-8-21-9-5-15/h2-5,8-9,12H,6-7,10-11,13H2,1H3,(H,22,24). The number of likely N-dealkylation sites (tertiary alicyclic amines) is 1. The van der Waals surface area contributed by atoms with E-state index < -0.39 is 5.60 Å². The van der Waals surface area contributed by atoms with Gasteiger partial charge in [0.05, 0.1) is 12.1 Å². The van der Waals surface area contributed by atoms with Crippen molar-refractivity contribution < 1.29 is 14.3 Å². The lowest BCUT2D eigenvalue weighted by Crippen LogP contribution is -2.54. The van der Waals surface area contributed by atoms with E-state index in [-0.39, 0.29) is 11.8 Å². The maximum atomic E-state index is 12.6. The molecule has 1 fully saturated rings. The number of benzene rings is 1. The lowest BCUT2D eigenvalue weighted by Gasteiger charge is -2.41. The van der Waals surface area contributed by atoms with Gasteiger partial charge in [-0.3, -0.25) is 14.6 Å². The highest BCUT2D eigenvalue weighted by molar-refractivity contribution is 5.97. The summed E-state index contributed by atoms with van der Waals surface area (Å²) in [5, 5.41) is 2.99. The topological polar surface area (TPSA) is 71.5 Å². The Balaban J connectivity index is 1.51. The minimum Gasteiger partial charge on any atom is -0.484 e. The molecule has 1 saturated heterocycles. The predicted molar refractivity (Wildman–Crippen MR) is 96.2 cm³/mol. The van der Waals surface area contributed by atoms with Crippen LogP contribution < -0.4 is 10.1 Å². The van der Waals surface area contributed by atoms with Crippen molar-refractivity contribution in [2.75, 3.05) is 19.6 Å². The highest BCUT2D eigenvalue weighted by atomic mass is 16.5. The van der Waals surface area contributed by atoms with Crippen LogP contribution in [0.5, 0.6) is 5.75 Å². The molecule has 1 N–H and O–H groups in total. The third-order valence-corrected chi connectivity index (χ3v) is 5.17. The smallest absolute Gasteiger partial charge is 0.255 e. The van der Waals surface area contributed by atoms with Crippen LogP contribution in [0.15, 0.2) is 42.7 Å². The summed E-state index contributed by atoms with van der Waals surface area (Å²) in [4.78, 5) is 30.8. The molecule has 26 heavy (non-hydrogen) atoms. The summed E-state index contributed by atoms with van der Waals surface area (Å²) in [7, 11) is 0. The Labute approximate surface area is 152 Å². The quantitative estimate of drug-likeness (QED) is 0.855. The molecule has 0 radical (unpaired) electrons. The van der Waals surface area contributed by atoms with Gasteiger partial charge in [0.15, 0.2) is 0 Å². The van der Waals surface area contributed by atoms with Crippen molar-refractivity contribution in [1.29, 1.82) is 0 Å². The first-order valence-electron chi connectivity index (χ1n) is 8.84. The summed E-state index contributed by atoms with van der Waals surface area (Å²) in [6.45, 7) is 3.60. The summed E-state index contributed by atoms with van der Waals surface area (Å²) >= 11 is 0. The van der Waals surface area contributed by atoms with E-state index in [1.807, 2.05) is 30.0 Å². The van der Waals surface area contributed by atoms with Crippen LogP contribution in [0, 0.1) is 6.92 Å². The molecule has 134 valence electrons. The number of nitrogens with zero attached hydrogens (tertiary/aromatic N) is 2. The number of fused-ring (bicyclic) bond motifs is 1. The van der Waals surface area contributed by atoms with Crippen molar-refractivity contribution in [3.05, 3.63) is 59.4 Å². The fraction of sp³-hybridized carbons (Fsp3) is 0.350. The SMILES string of the molecule is Cc1ccc2c(c1)C(=O)NCC1(CCN(C(=O)c3ccncc3)CC1)O2. The molecule has 2 amide bonds. The normalized spacial score (nSPS) is 18.5. The molecule has 0 saturated carbocycles. The van der Waals surface area contributed by atoms with Gasteiger partial charge in [-0.1, -0.05) is 11.6 Å². The van der Waals surface area contributed by atoms with Crippen LogP contribution in [0.1, 0.15) is 39.1 Å². The number of amides is 2. The largest absolute Gasteiger partial charge is 0.484 e. The molecule has 2 aliphatic heterocycles. The Morgan fingerprint density at radius 3 is 2.65 bits per heavy atom. The first-order chi connectivity index (χ1) is 12.6. The molecule has 3 heterocycles. The third kappa shape index (κ3) is 3.03. The maximum Gasteiger partial charge on any atom is 0.255 e. The summed E-state index contributed by atoms with van der Waals surface area (Å²) in [6, 6.07) is 9.13. The fourth-order valence-corrected chi connectivity index (χ4v) is 3.59. The molecule has 0 bridgehead atoms. The van der Waals surface area contributed by atoms with Gasteiger partial charge in [-0.05, 0) is 31.2 Å². The van der Waals surface area contributed by atoms with E-state index in [1.54, 1.807) is 24.5 Å². The Bertz CT molecular complexity index is 843. The molecule has 0 unspecified atom stereocenters. The summed E-state index contributed by atoms with van der Waals surface area (Å²) in [5.74, 6) is 0.534. The number of pyridine rings is 1. The van der Waals surface area contributed by atoms with Gasteiger partial charge in [0.2, 0.25) is 0 Å². The summed E-state index contributed by atoms with van der Waals surface area (Å²) < 4.78 is 6.31. The van der Waals surface area contributed by atoms with Crippen molar-refractivity contribution in [2.24, 2.45) is 0 Å². The van der Waals surface area contributed by atoms with Gasteiger partial charge in [0.1, 0.15) is 11.4 Å². The highest BCUT2D eigenvalue weighted by Gasteiger charge is 2.41. The number of aryl methyl sites for hydroxylation is 1. The Morgan fingerprint density at radius 2 is 1.92 bits per heavy atom. The van der Waals surface area contributed by atoms with E-state index in [1.165, 1.54) is 0 Å². The molecule has 1 aromatic carbocycles. The van der Waals surface area contributed by atoms with E-state index in [0.717, 1.165) is 5.56 Å². The first kappa shape index (κ1) is 16.6. The Hall–Kier alpha value is -2.89. The highest BCUT2D eigenvalue weighted by Crippen LogP contribution is 2.33. The second-order valence-corrected chi connectivity index (χ2v) is 7.00. The van der Waals surface area contributed by atoms with E-state index in [0.29, 0.717) is 49.4 Å². The van der Waals surface area contributed by atoms with Crippen LogP contribution in [0.2, 0.25) is 0 Å². The molecule has 2 aromatic rings. The zero-order valence-corrected chi connectivity index (χ0v) is 14.7. The van der Waals surface area contributed by atoms with Gasteiger partial charge in [0, 0.05) is 43.9 Å². The molecule has 1 spiro atoms. The van der Waals surface area contributed by atoms with E-state index >= 15 is 0 Å². The number of hydrogen-bond acceptors (Lipinski definition) is 4. The fourth-order valence-electron chi connectivity index (χ4n) is 3.59. The average Bonchev–Trinajstić information content (AvgIpc) is 2.80. The molecule has 6 nitrogen and oxygen atoms in total. The number of aromatic nitrogens is 1. The van der Waals surface area contributed by atoms with Crippen LogP contribution in [0.25, 0.3) is 0 Å². The van der Waals surface area contributed by atoms with Crippen LogP contribution in [0.3, 0.4) is 0 Å². The molecule has 4 rings (SSSR count). The number of carbonyl (C=O) groups excluding carboxylic acids is 2. The monoisotopic (exact) mass is 351 g/mol. The lowest BCUT2D eigenvalue weighted by atomic mass is 9.90. The van der Waals surface area contributed by atoms with Gasteiger partial charge < -0.3 is 15.0 Å². The molecule has 2 aliphatic rings. The average molecular weight is 351 g/mol. The first-order valence-corrected chi connectivity index (χ1v) is 8.84. The van der Waals surface area contributed by atoms with Crippen LogP contribution in [-0.4, -0.2) is 46.9 Å². The van der Waals surface area contributed by atoms with Crippen LogP contribution in [-0.2, 0) is 0 Å². The van der Waals surface area contributed by atoms with Crippen molar-refractivity contribution in [2.45, 2.75) is 25.4 Å². The molecular weight excluding hydrogens is 330 g/mol. The second kappa shape index (κ2) is 6.44. The lowest BCUT2D eigenvalue weighted by molar-refractivity contribution is 0.00770. The van der Waals surface area contributed by atoms with Gasteiger partial charge in [-0.15, -0.1) is 0 Å². The number of ether oxygens (including phenoxy) is 1. The minimum absolute atomic E-state index is 0.0101.